The van der Waals surface area contributed by atoms with E-state index in [4.69, 9.17) is 11.6 Å². The number of carbonyl (C=O) groups is 2. The smallest absolute Gasteiger partial charge is 0.339 e. The van der Waals surface area contributed by atoms with Crippen molar-refractivity contribution in [1.29, 1.82) is 0 Å². The molecule has 35 heavy (non-hydrogen) atoms. The Morgan fingerprint density at radius 1 is 1.11 bits per heavy atom. The molecule has 2 N–H and O–H groups in total. The fourth-order valence-corrected chi connectivity index (χ4v) is 3.96. The zero-order chi connectivity index (χ0) is 25.8. The van der Waals surface area contributed by atoms with Gasteiger partial charge in [-0.3, -0.25) is 4.79 Å². The van der Waals surface area contributed by atoms with Crippen LogP contribution in [-0.2, 0) is 0 Å². The zero-order valence-corrected chi connectivity index (χ0v) is 21.2. The number of hydrogen-bond donors (Lipinski definition) is 2. The van der Waals surface area contributed by atoms with Crippen LogP contribution in [0, 0.1) is 11.2 Å². The Labute approximate surface area is 212 Å². The predicted octanol–water partition coefficient (Wildman–Crippen LogP) is 7.40. The molecule has 0 spiro atoms. The molecule has 2 aromatic carbocycles. The van der Waals surface area contributed by atoms with E-state index >= 15 is 0 Å². The fraction of sp³-hybridized carbons (Fsp3) is 0.192. The van der Waals surface area contributed by atoms with Crippen LogP contribution < -0.4 is 5.32 Å². The summed E-state index contributed by atoms with van der Waals surface area (Å²) in [6.45, 7) is 8.75. The van der Waals surface area contributed by atoms with E-state index in [0.717, 1.165) is 23.1 Å². The average molecular weight is 514 g/mol. The van der Waals surface area contributed by atoms with Crippen LogP contribution in [0.1, 0.15) is 48.4 Å². The molecule has 0 radical (unpaired) electrons. The van der Waals surface area contributed by atoms with E-state index in [9.17, 15) is 19.1 Å². The number of carbonyl (C=O) groups excluding carboxylic acids is 1. The number of halogens is 2. The largest absolute Gasteiger partial charge is 0.478 e. The Morgan fingerprint density at radius 3 is 2.37 bits per heavy atom. The van der Waals surface area contributed by atoms with Gasteiger partial charge in [-0.25, -0.2) is 13.9 Å². The summed E-state index contributed by atoms with van der Waals surface area (Å²) in [5.74, 6) is -2.34. The van der Waals surface area contributed by atoms with E-state index in [1.165, 1.54) is 18.2 Å². The van der Waals surface area contributed by atoms with E-state index in [1.54, 1.807) is 46.7 Å². The Morgan fingerprint density at radius 2 is 1.77 bits per heavy atom. The monoisotopic (exact) mass is 513 g/mol. The van der Waals surface area contributed by atoms with Crippen molar-refractivity contribution in [2.24, 2.45) is 5.41 Å². The van der Waals surface area contributed by atoms with Crippen LogP contribution >= 0.6 is 22.9 Å². The molecular weight excluding hydrogens is 489 g/mol. The van der Waals surface area contributed by atoms with Gasteiger partial charge >= 0.3 is 5.97 Å². The Balaban J connectivity index is 0.000000623. The lowest BCUT2D eigenvalue weighted by atomic mass is 10.0. The van der Waals surface area contributed by atoms with Gasteiger partial charge in [-0.2, -0.15) is 5.10 Å². The highest BCUT2D eigenvalue weighted by atomic mass is 35.5. The van der Waals surface area contributed by atoms with E-state index < -0.39 is 17.7 Å². The maximum Gasteiger partial charge on any atom is 0.339 e. The second-order valence-corrected chi connectivity index (χ2v) is 10.6. The highest BCUT2D eigenvalue weighted by Gasteiger charge is 2.22. The molecule has 0 aliphatic rings. The first-order chi connectivity index (χ1) is 16.4. The van der Waals surface area contributed by atoms with Gasteiger partial charge in [0.05, 0.1) is 11.9 Å². The molecule has 182 valence electrons. The molecule has 0 fully saturated rings. The molecule has 4 aromatic rings. The van der Waals surface area contributed by atoms with Crippen molar-refractivity contribution in [1.82, 2.24) is 9.78 Å². The number of nitrogens with one attached hydrogen (secondary N) is 1. The summed E-state index contributed by atoms with van der Waals surface area (Å²) in [6, 6.07) is 12.2. The number of carboxylic acid groups (broad SMARTS) is 1. The van der Waals surface area contributed by atoms with Gasteiger partial charge in [0.1, 0.15) is 16.4 Å². The number of thiophene rings is 1. The van der Waals surface area contributed by atoms with Gasteiger partial charge in [0, 0.05) is 33.3 Å². The summed E-state index contributed by atoms with van der Waals surface area (Å²) in [6.07, 6.45) is 3.23. The molecule has 1 amide bonds. The summed E-state index contributed by atoms with van der Waals surface area (Å²) in [5.41, 5.74) is 2.29. The lowest BCUT2D eigenvalue weighted by molar-refractivity contribution is 0.0699. The summed E-state index contributed by atoms with van der Waals surface area (Å²) in [5, 5.41) is 19.0. The quantitative estimate of drug-likeness (QED) is 0.291. The van der Waals surface area contributed by atoms with Crippen LogP contribution in [0.25, 0.3) is 16.8 Å². The molecule has 2 aromatic heterocycles. The minimum Gasteiger partial charge on any atom is -0.478 e. The van der Waals surface area contributed by atoms with Crippen LogP contribution in [0.2, 0.25) is 5.02 Å². The number of benzene rings is 2. The minimum absolute atomic E-state index is 0.0552. The van der Waals surface area contributed by atoms with Crippen LogP contribution in [0.15, 0.2) is 66.3 Å². The molecule has 0 saturated heterocycles. The van der Waals surface area contributed by atoms with Crippen molar-refractivity contribution in [3.63, 3.8) is 0 Å². The Kier molecular flexibility index (Phi) is 8.09. The standard InChI is InChI=1S/C21H13ClFN3O3S.C5H12/c22-14-4-6-16(7-5-14)26-10-13(9-24-26)17-11-30-20(18(17)21(28)29)25-19(27)12-2-1-3-15(23)8-12;1-5(2,3)4/h1-11H,(H,25,27)(H,28,29);1-4H3. The number of nitrogens with zero attached hydrogens (tertiary/aromatic N) is 2. The Bertz CT molecular complexity index is 1330. The molecule has 0 aliphatic carbocycles. The molecule has 0 bridgehead atoms. The van der Waals surface area contributed by atoms with Crippen LogP contribution in [-0.4, -0.2) is 26.8 Å². The van der Waals surface area contributed by atoms with Crippen LogP contribution in [0.5, 0.6) is 0 Å². The number of amides is 1. The lowest BCUT2D eigenvalue weighted by Gasteiger charge is -2.05. The normalized spacial score (nSPS) is 10.9. The molecule has 0 atom stereocenters. The maximum atomic E-state index is 13.4. The number of aromatic carboxylic acids is 1. The molecule has 0 saturated carbocycles. The average Bonchev–Trinajstić information content (AvgIpc) is 3.40. The van der Waals surface area contributed by atoms with Crippen LogP contribution in [0.4, 0.5) is 9.39 Å². The van der Waals surface area contributed by atoms with E-state index in [1.807, 2.05) is 0 Å². The lowest BCUT2D eigenvalue weighted by Crippen LogP contribution is -2.13. The summed E-state index contributed by atoms with van der Waals surface area (Å²) < 4.78 is 15.0. The first-order valence-electron chi connectivity index (χ1n) is 10.6. The molecule has 6 nitrogen and oxygen atoms in total. The summed E-state index contributed by atoms with van der Waals surface area (Å²) in [7, 11) is 0. The third-order valence-corrected chi connectivity index (χ3v) is 5.45. The molecule has 2 heterocycles. The van der Waals surface area contributed by atoms with Crippen molar-refractivity contribution in [3.05, 3.63) is 88.3 Å². The first-order valence-corrected chi connectivity index (χ1v) is 11.9. The summed E-state index contributed by atoms with van der Waals surface area (Å²) in [4.78, 5) is 24.3. The van der Waals surface area contributed by atoms with Gasteiger partial charge in [-0.15, -0.1) is 11.3 Å². The van der Waals surface area contributed by atoms with Crippen molar-refractivity contribution in [2.45, 2.75) is 27.7 Å². The number of carboxylic acids is 1. The second-order valence-electron chi connectivity index (χ2n) is 9.27. The third-order valence-electron chi connectivity index (χ3n) is 4.30. The van der Waals surface area contributed by atoms with E-state index in [-0.39, 0.29) is 16.1 Å². The topological polar surface area (TPSA) is 84.2 Å². The summed E-state index contributed by atoms with van der Waals surface area (Å²) >= 11 is 6.98. The molecule has 0 aliphatic heterocycles. The number of rotatable bonds is 5. The number of aromatic nitrogens is 2. The highest BCUT2D eigenvalue weighted by molar-refractivity contribution is 7.15. The van der Waals surface area contributed by atoms with Gasteiger partial charge < -0.3 is 10.4 Å². The van der Waals surface area contributed by atoms with Crippen molar-refractivity contribution in [2.75, 3.05) is 5.32 Å². The zero-order valence-electron chi connectivity index (χ0n) is 19.7. The first kappa shape index (κ1) is 26.1. The van der Waals surface area contributed by atoms with E-state index in [2.05, 4.69) is 38.1 Å². The van der Waals surface area contributed by atoms with Crippen LogP contribution in [0.3, 0.4) is 0 Å². The number of hydrogen-bond acceptors (Lipinski definition) is 4. The van der Waals surface area contributed by atoms with Gasteiger partial charge in [0.25, 0.3) is 5.91 Å². The molecular formula is C26H25ClFN3O3S. The minimum atomic E-state index is -1.19. The third kappa shape index (κ3) is 7.24. The van der Waals surface area contributed by atoms with Gasteiger partial charge in [0.2, 0.25) is 0 Å². The van der Waals surface area contributed by atoms with Gasteiger partial charge in [0.15, 0.2) is 0 Å². The van der Waals surface area contributed by atoms with E-state index in [0.29, 0.717) is 21.6 Å². The number of anilines is 1. The van der Waals surface area contributed by atoms with Gasteiger partial charge in [-0.1, -0.05) is 45.4 Å². The molecule has 9 heteroatoms. The fourth-order valence-electron chi connectivity index (χ4n) is 2.88. The van der Waals surface area contributed by atoms with Crippen molar-refractivity contribution >= 4 is 39.8 Å². The van der Waals surface area contributed by atoms with Crippen molar-refractivity contribution in [3.8, 4) is 16.8 Å². The van der Waals surface area contributed by atoms with Crippen molar-refractivity contribution < 1.29 is 19.1 Å². The second kappa shape index (κ2) is 10.8. The molecule has 0 unspecified atom stereocenters. The maximum absolute atomic E-state index is 13.4. The highest BCUT2D eigenvalue weighted by Crippen LogP contribution is 2.36. The SMILES string of the molecule is CC(C)(C)C.O=C(Nc1scc(-c2cnn(-c3ccc(Cl)cc3)c2)c1C(=O)O)c1cccc(F)c1. The van der Waals surface area contributed by atoms with Gasteiger partial charge in [-0.05, 0) is 47.9 Å². The predicted molar refractivity (Wildman–Crippen MR) is 138 cm³/mol. The molecule has 4 rings (SSSR count). The Hall–Kier alpha value is -3.49.